The number of aliphatic carboxylic acids is 4. The number of carboxylic acid groups (broad SMARTS) is 4. The number of rotatable bonds is 2. The first-order chi connectivity index (χ1) is 10.4. The van der Waals surface area contributed by atoms with Gasteiger partial charge in [0.25, 0.3) is 0 Å². The van der Waals surface area contributed by atoms with Crippen LogP contribution in [0.3, 0.4) is 0 Å². The van der Waals surface area contributed by atoms with E-state index in [1.165, 1.54) is 0 Å². The van der Waals surface area contributed by atoms with E-state index in [1.807, 2.05) is 0 Å². The van der Waals surface area contributed by atoms with Gasteiger partial charge in [0.1, 0.15) is 0 Å². The summed E-state index contributed by atoms with van der Waals surface area (Å²) in [4.78, 5) is 65.5. The van der Waals surface area contributed by atoms with Gasteiger partial charge < -0.3 is 35.1 Å². The second-order valence-electron chi connectivity index (χ2n) is 2.34. The third kappa shape index (κ3) is 60.1. The quantitative estimate of drug-likeness (QED) is 0.127. The van der Waals surface area contributed by atoms with E-state index < -0.39 is 39.5 Å². The van der Waals surface area contributed by atoms with Gasteiger partial charge in [0.2, 0.25) is 0 Å². The van der Waals surface area contributed by atoms with E-state index in [0.717, 1.165) is 0 Å². The summed E-state index contributed by atoms with van der Waals surface area (Å²) in [6, 6.07) is 0. The van der Waals surface area contributed by atoms with E-state index in [9.17, 15) is 13.6 Å². The molecule has 0 unspecified atom stereocenters. The molecule has 16 nitrogen and oxygen atoms in total. The third-order valence-electron chi connectivity index (χ3n) is 0.540. The first-order valence-electron chi connectivity index (χ1n) is 4.05. The van der Waals surface area contributed by atoms with Crippen LogP contribution >= 0.6 is 15.6 Å². The number of hydrogen-bond donors (Lipinski definition) is 8. The third-order valence-corrected chi connectivity index (χ3v) is 0.889. The Morgan fingerprint density at radius 3 is 0.760 bits per heavy atom. The number of carboxylic acids is 4. The molecule has 0 fully saturated rings. The summed E-state index contributed by atoms with van der Waals surface area (Å²) < 4.78 is 43.2. The fourth-order valence-electron chi connectivity index (χ4n) is 0.0106. The van der Waals surface area contributed by atoms with Crippen molar-refractivity contribution in [2.24, 2.45) is 0 Å². The van der Waals surface area contributed by atoms with Crippen molar-refractivity contribution in [3.63, 3.8) is 0 Å². The second-order valence-corrected chi connectivity index (χ2v) is 4.58. The Bertz CT molecular complexity index is 450. The molecule has 146 valence electrons. The van der Waals surface area contributed by atoms with E-state index in [1.54, 1.807) is 0 Å². The molecule has 0 aromatic carbocycles. The standard InChI is InChI=1S/2C2H2O4.F2HO4P.Na.H3O4P.H/c2*3-1(4)2(5)6;1-5-7(3,4)6-2;;1-5(2,3)4;/h2*(H,3,4)(H,5,6);(H,3,4);;(H3,1,2,3,4);. The van der Waals surface area contributed by atoms with Crippen LogP contribution in [0.15, 0.2) is 0 Å². The van der Waals surface area contributed by atoms with E-state index in [0.29, 0.717) is 0 Å². The monoisotopic (exact) mass is 436 g/mol. The van der Waals surface area contributed by atoms with Crippen molar-refractivity contribution in [1.82, 2.24) is 0 Å². The summed E-state index contributed by atoms with van der Waals surface area (Å²) in [5, 5.41) is 29.6. The summed E-state index contributed by atoms with van der Waals surface area (Å²) in [6.07, 6.45) is 0. The molecular formula is C4H9F2NaO16P2. The van der Waals surface area contributed by atoms with Gasteiger partial charge in [-0.2, -0.15) is 0 Å². The van der Waals surface area contributed by atoms with Crippen molar-refractivity contribution in [2.45, 2.75) is 0 Å². The maximum atomic E-state index is 10.4. The molecule has 0 spiro atoms. The van der Waals surface area contributed by atoms with Gasteiger partial charge in [-0.15, -0.1) is 0 Å². The summed E-state index contributed by atoms with van der Waals surface area (Å²) in [5.41, 5.74) is 0. The van der Waals surface area contributed by atoms with Crippen LogP contribution in [0, 0.1) is 0 Å². The molecule has 0 aromatic rings. The van der Waals surface area contributed by atoms with E-state index in [-0.39, 0.29) is 29.6 Å². The predicted molar refractivity (Wildman–Crippen MR) is 66.2 cm³/mol. The molecule has 0 bridgehead atoms. The second kappa shape index (κ2) is 17.8. The number of halogens is 2. The summed E-state index contributed by atoms with van der Waals surface area (Å²) in [6.45, 7) is 0. The SMILES string of the molecule is O=C(O)C(=O)O.O=C(O)C(=O)O.O=P(O)(O)O.O=P(O)(OF)OF.[NaH]. The van der Waals surface area contributed by atoms with Crippen LogP contribution in [-0.4, -0.2) is 93.4 Å². The summed E-state index contributed by atoms with van der Waals surface area (Å²) >= 11 is 0. The summed E-state index contributed by atoms with van der Waals surface area (Å²) in [7, 11) is -9.63. The van der Waals surface area contributed by atoms with Gasteiger partial charge in [0.15, 0.2) is 0 Å². The normalized spacial score (nSPS) is 9.20. The Hall–Kier alpha value is -1.04. The number of hydrogen-bond acceptors (Lipinski definition) is 8. The molecule has 0 aliphatic carbocycles. The average molecular weight is 436 g/mol. The van der Waals surface area contributed by atoms with Crippen molar-refractivity contribution in [3.8, 4) is 0 Å². The van der Waals surface area contributed by atoms with Crippen molar-refractivity contribution in [2.75, 3.05) is 0 Å². The first kappa shape index (κ1) is 35.1. The van der Waals surface area contributed by atoms with Crippen molar-refractivity contribution < 1.29 is 86.8 Å². The minimum absolute atomic E-state index is 0. The minimum atomic E-state index is -4.99. The van der Waals surface area contributed by atoms with Gasteiger partial charge in [-0.1, -0.05) is 9.46 Å². The molecule has 0 radical (unpaired) electrons. The Balaban J connectivity index is -0.0000000706. The zero-order valence-corrected chi connectivity index (χ0v) is 12.3. The van der Waals surface area contributed by atoms with E-state index in [2.05, 4.69) is 9.46 Å². The topological polar surface area (TPSA) is 283 Å². The molecule has 0 amide bonds. The molecule has 8 N–H and O–H groups in total. The van der Waals surface area contributed by atoms with Gasteiger partial charge in [0, 0.05) is 0 Å². The molecule has 25 heavy (non-hydrogen) atoms. The van der Waals surface area contributed by atoms with Gasteiger partial charge in [0.05, 0.1) is 0 Å². The van der Waals surface area contributed by atoms with Crippen molar-refractivity contribution in [3.05, 3.63) is 0 Å². The van der Waals surface area contributed by atoms with E-state index in [4.69, 9.17) is 63.7 Å². The fourth-order valence-corrected chi connectivity index (χ4v) is 0.0319. The Morgan fingerprint density at radius 1 is 0.640 bits per heavy atom. The number of phosphoric acid groups is 2. The van der Waals surface area contributed by atoms with Gasteiger partial charge in [-0.05, 0) is 9.05 Å². The molecule has 21 heteroatoms. The van der Waals surface area contributed by atoms with Crippen LogP contribution in [0.25, 0.3) is 0 Å². The van der Waals surface area contributed by atoms with Gasteiger partial charge in [-0.3, -0.25) is 4.89 Å². The van der Waals surface area contributed by atoms with Crippen LogP contribution in [0.1, 0.15) is 0 Å². The van der Waals surface area contributed by atoms with Gasteiger partial charge in [-0.25, -0.2) is 28.3 Å². The molecular weight excluding hydrogens is 427 g/mol. The Kier molecular flexibility index (Phi) is 25.0. The Labute approximate surface area is 156 Å². The van der Waals surface area contributed by atoms with Crippen molar-refractivity contribution in [1.29, 1.82) is 0 Å². The first-order valence-corrected chi connectivity index (χ1v) is 7.11. The van der Waals surface area contributed by atoms with Crippen molar-refractivity contribution >= 4 is 69.1 Å². The Morgan fingerprint density at radius 2 is 0.760 bits per heavy atom. The fraction of sp³-hybridized carbons (Fsp3) is 0. The molecule has 0 aliphatic rings. The van der Waals surface area contributed by atoms with Crippen LogP contribution in [0.2, 0.25) is 0 Å². The molecule has 0 saturated heterocycles. The van der Waals surface area contributed by atoms with Crippen LogP contribution in [0.4, 0.5) is 9.05 Å². The van der Waals surface area contributed by atoms with Crippen LogP contribution in [0.5, 0.6) is 0 Å². The number of carbonyl (C=O) groups is 4. The molecule has 0 saturated carbocycles. The molecule has 0 heterocycles. The zero-order chi connectivity index (χ0) is 20.7. The van der Waals surface area contributed by atoms with Gasteiger partial charge >= 0.3 is 69.1 Å². The molecule has 0 atom stereocenters. The molecule has 0 aliphatic heterocycles. The van der Waals surface area contributed by atoms with Crippen LogP contribution < -0.4 is 0 Å². The molecule has 0 rings (SSSR count). The zero-order valence-electron chi connectivity index (χ0n) is 10.5. The van der Waals surface area contributed by atoms with E-state index >= 15 is 0 Å². The average Bonchev–Trinajstić information content (AvgIpc) is 2.38. The van der Waals surface area contributed by atoms with Crippen LogP contribution in [-0.2, 0) is 37.8 Å². The maximum absolute atomic E-state index is 10.4. The molecule has 0 aromatic heterocycles. The summed E-state index contributed by atoms with van der Waals surface area (Å²) in [5.74, 6) is -7.30. The predicted octanol–water partition coefficient (Wildman–Crippen LogP) is -2.38.